The van der Waals surface area contributed by atoms with E-state index in [-0.39, 0.29) is 27.8 Å². The van der Waals surface area contributed by atoms with Gasteiger partial charge in [0.05, 0.1) is 0 Å². The van der Waals surface area contributed by atoms with Crippen molar-refractivity contribution in [3.8, 4) is 11.3 Å². The molecule has 0 saturated carbocycles. The lowest BCUT2D eigenvalue weighted by Gasteiger charge is -2.03. The summed E-state index contributed by atoms with van der Waals surface area (Å²) in [4.78, 5) is 11.8. The Balaban J connectivity index is 2.35. The van der Waals surface area contributed by atoms with Crippen LogP contribution in [-0.2, 0) is 0 Å². The summed E-state index contributed by atoms with van der Waals surface area (Å²) in [5.74, 6) is -1.08. The van der Waals surface area contributed by atoms with Gasteiger partial charge in [-0.1, -0.05) is 0 Å². The first kappa shape index (κ1) is 12.0. The van der Waals surface area contributed by atoms with Gasteiger partial charge in [-0.2, -0.15) is 9.97 Å². The molecule has 1 aromatic carbocycles. The minimum absolute atomic E-state index is 0.0758. The van der Waals surface area contributed by atoms with Gasteiger partial charge >= 0.3 is 0 Å². The Hall–Kier alpha value is -2.08. The van der Waals surface area contributed by atoms with Crippen LogP contribution in [0.2, 0.25) is 5.28 Å². The van der Waals surface area contributed by atoms with Crippen molar-refractivity contribution in [2.75, 3.05) is 0 Å². The molecule has 0 spiro atoms. The van der Waals surface area contributed by atoms with Crippen molar-refractivity contribution in [2.24, 2.45) is 0 Å². The van der Waals surface area contributed by atoms with E-state index in [1.807, 2.05) is 0 Å². The van der Waals surface area contributed by atoms with Crippen LogP contribution in [0.15, 0.2) is 22.6 Å². The van der Waals surface area contributed by atoms with Crippen LogP contribution in [0.3, 0.4) is 0 Å². The summed E-state index contributed by atoms with van der Waals surface area (Å²) in [6.45, 7) is 1.63. The number of aryl methyl sites for hydroxylation is 1. The number of hydrogen-bond donors (Lipinski definition) is 0. The quantitative estimate of drug-likeness (QED) is 0.640. The van der Waals surface area contributed by atoms with Crippen LogP contribution in [0, 0.1) is 18.6 Å². The molecule has 0 aliphatic heterocycles. The molecule has 4 nitrogen and oxygen atoms in total. The average molecular weight is 282 g/mol. The number of hydrogen-bond acceptors (Lipinski definition) is 4. The second kappa shape index (κ2) is 4.24. The second-order valence-electron chi connectivity index (χ2n) is 3.85. The number of halogens is 3. The standard InChI is InChI=1S/C12H6ClF2N3O/c1-5-16-11-10(19-5)9(17-12(13)18-11)7-3-2-6(14)4-8(7)15/h2-4H,1H3. The van der Waals surface area contributed by atoms with Crippen LogP contribution in [-0.4, -0.2) is 15.0 Å². The third kappa shape index (κ3) is 2.04. The fraction of sp³-hybridized carbons (Fsp3) is 0.0833. The van der Waals surface area contributed by atoms with Crippen molar-refractivity contribution in [2.45, 2.75) is 6.92 Å². The maximum absolute atomic E-state index is 13.8. The predicted octanol–water partition coefficient (Wildman–Crippen LogP) is 3.52. The van der Waals surface area contributed by atoms with Gasteiger partial charge in [0.25, 0.3) is 0 Å². The van der Waals surface area contributed by atoms with Crippen LogP contribution in [0.25, 0.3) is 22.5 Å². The second-order valence-corrected chi connectivity index (χ2v) is 4.19. The Morgan fingerprint density at radius 1 is 1.16 bits per heavy atom. The molecule has 0 saturated heterocycles. The van der Waals surface area contributed by atoms with Crippen molar-refractivity contribution in [3.05, 3.63) is 41.0 Å². The number of benzene rings is 1. The van der Waals surface area contributed by atoms with Gasteiger partial charge in [-0.25, -0.2) is 13.8 Å². The van der Waals surface area contributed by atoms with E-state index in [0.29, 0.717) is 5.89 Å². The number of fused-ring (bicyclic) bond motifs is 1. The van der Waals surface area contributed by atoms with E-state index in [1.165, 1.54) is 6.07 Å². The van der Waals surface area contributed by atoms with Crippen molar-refractivity contribution in [1.82, 2.24) is 15.0 Å². The Morgan fingerprint density at radius 3 is 2.68 bits per heavy atom. The van der Waals surface area contributed by atoms with Crippen molar-refractivity contribution >= 4 is 22.8 Å². The molecule has 2 heterocycles. The van der Waals surface area contributed by atoms with Crippen LogP contribution in [0.5, 0.6) is 0 Å². The summed E-state index contributed by atoms with van der Waals surface area (Å²) in [6.07, 6.45) is 0. The molecule has 2 aromatic heterocycles. The van der Waals surface area contributed by atoms with E-state index >= 15 is 0 Å². The Morgan fingerprint density at radius 2 is 1.95 bits per heavy atom. The molecule has 0 unspecified atom stereocenters. The van der Waals surface area contributed by atoms with Crippen LogP contribution in [0.1, 0.15) is 5.89 Å². The molecule has 19 heavy (non-hydrogen) atoms. The zero-order chi connectivity index (χ0) is 13.6. The smallest absolute Gasteiger partial charge is 0.225 e. The van der Waals surface area contributed by atoms with Gasteiger partial charge < -0.3 is 4.42 Å². The van der Waals surface area contributed by atoms with Gasteiger partial charge in [0.2, 0.25) is 10.9 Å². The minimum atomic E-state index is -0.759. The largest absolute Gasteiger partial charge is 0.437 e. The lowest BCUT2D eigenvalue weighted by molar-refractivity contribution is 0.559. The summed E-state index contributed by atoms with van der Waals surface area (Å²) in [5, 5.41) is -0.0838. The molecular formula is C12H6ClF2N3O. The van der Waals surface area contributed by atoms with E-state index in [0.717, 1.165) is 12.1 Å². The first-order valence-corrected chi connectivity index (χ1v) is 5.68. The maximum atomic E-state index is 13.8. The number of rotatable bonds is 1. The summed E-state index contributed by atoms with van der Waals surface area (Å²) in [7, 11) is 0. The summed E-state index contributed by atoms with van der Waals surface area (Å²) in [5.41, 5.74) is 0.670. The van der Waals surface area contributed by atoms with E-state index in [1.54, 1.807) is 6.92 Å². The molecule has 96 valence electrons. The molecule has 0 aliphatic carbocycles. The van der Waals surface area contributed by atoms with Crippen LogP contribution in [0.4, 0.5) is 8.78 Å². The summed E-state index contributed by atoms with van der Waals surface area (Å²) < 4.78 is 32.1. The first-order chi connectivity index (χ1) is 9.04. The Bertz CT molecular complexity index is 788. The number of nitrogens with zero attached hydrogens (tertiary/aromatic N) is 3. The van der Waals surface area contributed by atoms with Crippen LogP contribution < -0.4 is 0 Å². The number of aromatic nitrogens is 3. The normalized spacial score (nSPS) is 11.2. The molecule has 0 N–H and O–H groups in total. The topological polar surface area (TPSA) is 51.8 Å². The highest BCUT2D eigenvalue weighted by molar-refractivity contribution is 6.28. The minimum Gasteiger partial charge on any atom is -0.437 e. The Labute approximate surface area is 111 Å². The third-order valence-electron chi connectivity index (χ3n) is 2.52. The van der Waals surface area contributed by atoms with Gasteiger partial charge in [0.1, 0.15) is 17.3 Å². The lowest BCUT2D eigenvalue weighted by atomic mass is 10.1. The molecule has 0 fully saturated rings. The highest BCUT2D eigenvalue weighted by Crippen LogP contribution is 2.29. The van der Waals surface area contributed by atoms with E-state index in [2.05, 4.69) is 15.0 Å². The lowest BCUT2D eigenvalue weighted by Crippen LogP contribution is -1.93. The van der Waals surface area contributed by atoms with E-state index in [4.69, 9.17) is 16.0 Å². The SMILES string of the molecule is Cc1nc2nc(Cl)nc(-c3ccc(F)cc3F)c2o1. The Kier molecular flexibility index (Phi) is 2.67. The molecule has 7 heteroatoms. The van der Waals surface area contributed by atoms with Gasteiger partial charge in [-0.3, -0.25) is 0 Å². The van der Waals surface area contributed by atoms with Crippen molar-refractivity contribution in [1.29, 1.82) is 0 Å². The van der Waals surface area contributed by atoms with Gasteiger partial charge in [-0.05, 0) is 23.7 Å². The van der Waals surface area contributed by atoms with Gasteiger partial charge in [0.15, 0.2) is 11.5 Å². The third-order valence-corrected chi connectivity index (χ3v) is 2.69. The summed E-state index contributed by atoms with van der Waals surface area (Å²) in [6, 6.07) is 3.16. The molecule has 3 aromatic rings. The fourth-order valence-electron chi connectivity index (χ4n) is 1.77. The zero-order valence-corrected chi connectivity index (χ0v) is 10.4. The van der Waals surface area contributed by atoms with Crippen molar-refractivity contribution in [3.63, 3.8) is 0 Å². The maximum Gasteiger partial charge on any atom is 0.225 e. The van der Waals surface area contributed by atoms with Crippen LogP contribution >= 0.6 is 11.6 Å². The van der Waals surface area contributed by atoms with E-state index < -0.39 is 11.6 Å². The van der Waals surface area contributed by atoms with E-state index in [9.17, 15) is 8.78 Å². The predicted molar refractivity (Wildman–Crippen MR) is 64.7 cm³/mol. The molecular weight excluding hydrogens is 276 g/mol. The molecule has 3 rings (SSSR count). The average Bonchev–Trinajstić information content (AvgIpc) is 2.68. The van der Waals surface area contributed by atoms with Gasteiger partial charge in [-0.15, -0.1) is 0 Å². The molecule has 0 aliphatic rings. The molecule has 0 bridgehead atoms. The number of oxazole rings is 1. The molecule has 0 radical (unpaired) electrons. The zero-order valence-electron chi connectivity index (χ0n) is 9.62. The fourth-order valence-corrected chi connectivity index (χ4v) is 1.93. The first-order valence-electron chi connectivity index (χ1n) is 5.30. The van der Waals surface area contributed by atoms with Gasteiger partial charge in [0, 0.05) is 18.6 Å². The highest BCUT2D eigenvalue weighted by atomic mass is 35.5. The summed E-state index contributed by atoms with van der Waals surface area (Å²) >= 11 is 5.77. The highest BCUT2D eigenvalue weighted by Gasteiger charge is 2.17. The molecule has 0 atom stereocenters. The van der Waals surface area contributed by atoms with Crippen molar-refractivity contribution < 1.29 is 13.2 Å². The monoisotopic (exact) mass is 281 g/mol. The molecule has 0 amide bonds.